The molecule has 0 unspecified atom stereocenters. The summed E-state index contributed by atoms with van der Waals surface area (Å²) in [7, 11) is 0. The van der Waals surface area contributed by atoms with E-state index in [0.29, 0.717) is 6.04 Å². The first-order valence-electron chi connectivity index (χ1n) is 8.26. The van der Waals surface area contributed by atoms with Crippen LogP contribution in [0.1, 0.15) is 57.7 Å². The van der Waals surface area contributed by atoms with Crippen molar-refractivity contribution in [1.29, 1.82) is 0 Å². The van der Waals surface area contributed by atoms with Crippen molar-refractivity contribution >= 4 is 5.95 Å². The number of rotatable bonds is 6. The zero-order chi connectivity index (χ0) is 15.0. The van der Waals surface area contributed by atoms with Gasteiger partial charge in [-0.1, -0.05) is 0 Å². The Labute approximate surface area is 128 Å². The summed E-state index contributed by atoms with van der Waals surface area (Å²) in [5.41, 5.74) is 2.44. The standard InChI is InChI=1S/C17H28N4/c1-12-14(10-19-17(2,3)4)9-18-16(20-12)21(15-7-8-15)11-13-5-6-13/h9,13,15,19H,5-8,10-11H2,1-4H3. The van der Waals surface area contributed by atoms with Gasteiger partial charge in [-0.3, -0.25) is 0 Å². The first kappa shape index (κ1) is 14.8. The van der Waals surface area contributed by atoms with Crippen molar-refractivity contribution in [3.05, 3.63) is 17.5 Å². The minimum atomic E-state index is 0.122. The van der Waals surface area contributed by atoms with E-state index in [1.165, 1.54) is 31.2 Å². The Morgan fingerprint density at radius 3 is 2.48 bits per heavy atom. The monoisotopic (exact) mass is 288 g/mol. The molecule has 4 heteroatoms. The molecule has 2 saturated carbocycles. The molecule has 1 aromatic rings. The number of hydrogen-bond acceptors (Lipinski definition) is 4. The molecule has 0 bridgehead atoms. The first-order valence-corrected chi connectivity index (χ1v) is 8.26. The molecule has 2 aliphatic rings. The zero-order valence-corrected chi connectivity index (χ0v) is 13.8. The SMILES string of the molecule is Cc1nc(N(CC2CC2)C2CC2)ncc1CNC(C)(C)C. The van der Waals surface area contributed by atoms with Crippen molar-refractivity contribution in [1.82, 2.24) is 15.3 Å². The van der Waals surface area contributed by atoms with Gasteiger partial charge in [-0.2, -0.15) is 0 Å². The molecule has 0 radical (unpaired) electrons. The van der Waals surface area contributed by atoms with Gasteiger partial charge in [0.25, 0.3) is 0 Å². The zero-order valence-electron chi connectivity index (χ0n) is 13.8. The van der Waals surface area contributed by atoms with Gasteiger partial charge in [0.05, 0.1) is 0 Å². The summed E-state index contributed by atoms with van der Waals surface area (Å²) in [6.07, 6.45) is 7.40. The maximum Gasteiger partial charge on any atom is 0.225 e. The molecule has 0 amide bonds. The summed E-state index contributed by atoms with van der Waals surface area (Å²) in [5.74, 6) is 1.83. The normalized spacial score (nSPS) is 18.9. The lowest BCUT2D eigenvalue weighted by atomic mass is 10.1. The quantitative estimate of drug-likeness (QED) is 0.873. The highest BCUT2D eigenvalue weighted by Crippen LogP contribution is 2.36. The molecule has 1 N–H and O–H groups in total. The molecule has 0 saturated heterocycles. The number of hydrogen-bond donors (Lipinski definition) is 1. The summed E-state index contributed by atoms with van der Waals surface area (Å²) in [5, 5.41) is 3.51. The Morgan fingerprint density at radius 2 is 1.95 bits per heavy atom. The fourth-order valence-electron chi connectivity index (χ4n) is 2.51. The van der Waals surface area contributed by atoms with Crippen LogP contribution in [0.2, 0.25) is 0 Å². The lowest BCUT2D eigenvalue weighted by Gasteiger charge is -2.24. The smallest absolute Gasteiger partial charge is 0.225 e. The average molecular weight is 288 g/mol. The predicted molar refractivity (Wildman–Crippen MR) is 86.5 cm³/mol. The number of aromatic nitrogens is 2. The first-order chi connectivity index (χ1) is 9.92. The van der Waals surface area contributed by atoms with Gasteiger partial charge < -0.3 is 10.2 Å². The topological polar surface area (TPSA) is 41.1 Å². The van der Waals surface area contributed by atoms with Crippen LogP contribution in [0.5, 0.6) is 0 Å². The summed E-state index contributed by atoms with van der Waals surface area (Å²) >= 11 is 0. The molecular formula is C17H28N4. The largest absolute Gasteiger partial charge is 0.338 e. The highest BCUT2D eigenvalue weighted by Gasteiger charge is 2.35. The van der Waals surface area contributed by atoms with Crippen LogP contribution >= 0.6 is 0 Å². The molecular weight excluding hydrogens is 260 g/mol. The molecule has 4 nitrogen and oxygen atoms in total. The average Bonchev–Trinajstić information content (AvgIpc) is 3.24. The Morgan fingerprint density at radius 1 is 1.24 bits per heavy atom. The molecule has 2 fully saturated rings. The minimum Gasteiger partial charge on any atom is -0.338 e. The Hall–Kier alpha value is -1.16. The van der Waals surface area contributed by atoms with Gasteiger partial charge in [-0.15, -0.1) is 0 Å². The van der Waals surface area contributed by atoms with Crippen LogP contribution < -0.4 is 10.2 Å². The van der Waals surface area contributed by atoms with Gasteiger partial charge in [0.15, 0.2) is 0 Å². The third-order valence-corrected chi connectivity index (χ3v) is 4.27. The minimum absolute atomic E-state index is 0.122. The number of nitrogens with one attached hydrogen (secondary N) is 1. The second kappa shape index (κ2) is 5.56. The third kappa shape index (κ3) is 4.16. The lowest BCUT2D eigenvalue weighted by Crippen LogP contribution is -2.35. The van der Waals surface area contributed by atoms with Crippen LogP contribution in [-0.4, -0.2) is 28.1 Å². The fourth-order valence-corrected chi connectivity index (χ4v) is 2.51. The molecule has 0 spiro atoms. The molecule has 2 aliphatic carbocycles. The summed E-state index contributed by atoms with van der Waals surface area (Å²) < 4.78 is 0. The van der Waals surface area contributed by atoms with Gasteiger partial charge in [0, 0.05) is 42.1 Å². The molecule has 116 valence electrons. The highest BCUT2D eigenvalue weighted by molar-refractivity contribution is 5.36. The van der Waals surface area contributed by atoms with E-state index in [2.05, 4.69) is 42.9 Å². The molecule has 3 rings (SSSR count). The Balaban J connectivity index is 1.69. The van der Waals surface area contributed by atoms with E-state index in [1.807, 2.05) is 6.20 Å². The molecule has 0 aromatic carbocycles. The molecule has 0 aliphatic heterocycles. The molecule has 1 aromatic heterocycles. The van der Waals surface area contributed by atoms with Gasteiger partial charge >= 0.3 is 0 Å². The van der Waals surface area contributed by atoms with Crippen LogP contribution in [0, 0.1) is 12.8 Å². The van der Waals surface area contributed by atoms with Crippen LogP contribution in [0.4, 0.5) is 5.95 Å². The fraction of sp³-hybridized carbons (Fsp3) is 0.765. The summed E-state index contributed by atoms with van der Waals surface area (Å²) in [6.45, 7) is 10.6. The Kier molecular flexibility index (Phi) is 3.91. The van der Waals surface area contributed by atoms with Crippen molar-refractivity contribution < 1.29 is 0 Å². The third-order valence-electron chi connectivity index (χ3n) is 4.27. The van der Waals surface area contributed by atoms with E-state index in [1.54, 1.807) is 0 Å². The van der Waals surface area contributed by atoms with E-state index in [-0.39, 0.29) is 5.54 Å². The van der Waals surface area contributed by atoms with E-state index < -0.39 is 0 Å². The van der Waals surface area contributed by atoms with Gasteiger partial charge in [0.1, 0.15) is 0 Å². The Bertz CT molecular complexity index is 498. The highest BCUT2D eigenvalue weighted by atomic mass is 15.3. The van der Waals surface area contributed by atoms with E-state index >= 15 is 0 Å². The van der Waals surface area contributed by atoms with Crippen LogP contribution in [0.15, 0.2) is 6.20 Å². The van der Waals surface area contributed by atoms with Gasteiger partial charge in [-0.25, -0.2) is 9.97 Å². The summed E-state index contributed by atoms with van der Waals surface area (Å²) in [6, 6.07) is 0.698. The maximum absolute atomic E-state index is 4.79. The van der Waals surface area contributed by atoms with E-state index in [9.17, 15) is 0 Å². The van der Waals surface area contributed by atoms with Crippen molar-refractivity contribution in [3.8, 4) is 0 Å². The van der Waals surface area contributed by atoms with Crippen LogP contribution in [0.25, 0.3) is 0 Å². The van der Waals surface area contributed by atoms with Crippen molar-refractivity contribution in [2.45, 2.75) is 71.5 Å². The second-order valence-corrected chi connectivity index (χ2v) is 7.71. The van der Waals surface area contributed by atoms with Crippen LogP contribution in [-0.2, 0) is 6.54 Å². The molecule has 1 heterocycles. The number of anilines is 1. The van der Waals surface area contributed by atoms with E-state index in [0.717, 1.165) is 30.6 Å². The molecule has 21 heavy (non-hydrogen) atoms. The number of aryl methyl sites for hydroxylation is 1. The van der Waals surface area contributed by atoms with Crippen LogP contribution in [0.3, 0.4) is 0 Å². The van der Waals surface area contributed by atoms with Gasteiger partial charge in [-0.05, 0) is 59.3 Å². The van der Waals surface area contributed by atoms with Crippen molar-refractivity contribution in [2.75, 3.05) is 11.4 Å². The second-order valence-electron chi connectivity index (χ2n) is 7.71. The summed E-state index contributed by atoms with van der Waals surface area (Å²) in [4.78, 5) is 11.9. The van der Waals surface area contributed by atoms with Crippen molar-refractivity contribution in [3.63, 3.8) is 0 Å². The predicted octanol–water partition coefficient (Wildman–Crippen LogP) is 3.05. The van der Waals surface area contributed by atoms with E-state index in [4.69, 9.17) is 4.98 Å². The number of nitrogens with zero attached hydrogens (tertiary/aromatic N) is 3. The lowest BCUT2D eigenvalue weighted by molar-refractivity contribution is 0.423. The maximum atomic E-state index is 4.79. The molecule has 0 atom stereocenters. The van der Waals surface area contributed by atoms with Crippen molar-refractivity contribution in [2.24, 2.45) is 5.92 Å². The van der Waals surface area contributed by atoms with Gasteiger partial charge in [0.2, 0.25) is 5.95 Å².